The first-order valence-corrected chi connectivity index (χ1v) is 9.67. The van der Waals surface area contributed by atoms with Crippen LogP contribution >= 0.6 is 11.6 Å². The SMILES string of the molecule is O=C(c1ccc(F)cc1Cl)N1CCCC(c2nnc3n2CCCCC3)C1. The lowest BCUT2D eigenvalue weighted by Gasteiger charge is -2.32. The highest BCUT2D eigenvalue weighted by molar-refractivity contribution is 6.33. The van der Waals surface area contributed by atoms with E-state index >= 15 is 0 Å². The zero-order valence-electron chi connectivity index (χ0n) is 14.6. The number of rotatable bonds is 2. The highest BCUT2D eigenvalue weighted by Crippen LogP contribution is 2.29. The fraction of sp³-hybridized carbons (Fsp3) is 0.526. The summed E-state index contributed by atoms with van der Waals surface area (Å²) in [7, 11) is 0. The van der Waals surface area contributed by atoms with Crippen molar-refractivity contribution in [2.75, 3.05) is 13.1 Å². The average Bonchev–Trinajstić information content (AvgIpc) is 2.90. The van der Waals surface area contributed by atoms with Crippen LogP contribution in [0.1, 0.15) is 60.0 Å². The number of benzene rings is 1. The van der Waals surface area contributed by atoms with Gasteiger partial charge in [-0.05, 0) is 43.9 Å². The average molecular weight is 377 g/mol. The maximum atomic E-state index is 13.3. The minimum atomic E-state index is -0.436. The summed E-state index contributed by atoms with van der Waals surface area (Å²) in [6.07, 6.45) is 6.43. The van der Waals surface area contributed by atoms with E-state index in [1.54, 1.807) is 0 Å². The number of aryl methyl sites for hydroxylation is 1. The van der Waals surface area contributed by atoms with Crippen molar-refractivity contribution in [2.24, 2.45) is 0 Å². The van der Waals surface area contributed by atoms with Crippen molar-refractivity contribution in [2.45, 2.75) is 51.0 Å². The normalized spacial score (nSPS) is 20.5. The molecule has 1 amide bonds. The van der Waals surface area contributed by atoms with Crippen LogP contribution in [0.25, 0.3) is 0 Å². The highest BCUT2D eigenvalue weighted by atomic mass is 35.5. The summed E-state index contributed by atoms with van der Waals surface area (Å²) in [6, 6.07) is 3.93. The summed E-state index contributed by atoms with van der Waals surface area (Å²) in [6.45, 7) is 2.25. The smallest absolute Gasteiger partial charge is 0.255 e. The lowest BCUT2D eigenvalue weighted by molar-refractivity contribution is 0.0703. The molecule has 1 fully saturated rings. The van der Waals surface area contributed by atoms with E-state index in [1.165, 1.54) is 24.6 Å². The minimum Gasteiger partial charge on any atom is -0.338 e. The first-order chi connectivity index (χ1) is 12.6. The molecule has 1 saturated heterocycles. The molecule has 2 aliphatic rings. The maximum Gasteiger partial charge on any atom is 0.255 e. The first-order valence-electron chi connectivity index (χ1n) is 9.30. The zero-order valence-corrected chi connectivity index (χ0v) is 15.4. The second-order valence-electron chi connectivity index (χ2n) is 7.15. The molecular weight excluding hydrogens is 355 g/mol. The fourth-order valence-corrected chi connectivity index (χ4v) is 4.26. The molecule has 1 aromatic carbocycles. The number of carbonyl (C=O) groups excluding carboxylic acids is 1. The molecule has 138 valence electrons. The summed E-state index contributed by atoms with van der Waals surface area (Å²) in [5.41, 5.74) is 0.355. The standard InChI is InChI=1S/C19H22ClFN4O/c20-16-11-14(21)7-8-15(16)19(26)24-9-4-5-13(12-24)18-23-22-17-6-2-1-3-10-25(17)18/h7-8,11,13H,1-6,9-10,12H2. The molecule has 0 saturated carbocycles. The number of aromatic nitrogens is 3. The Bertz CT molecular complexity index is 822. The third kappa shape index (κ3) is 3.34. The van der Waals surface area contributed by atoms with E-state index in [2.05, 4.69) is 14.8 Å². The molecule has 1 aromatic heterocycles. The van der Waals surface area contributed by atoms with Crippen LogP contribution in [0.15, 0.2) is 18.2 Å². The summed E-state index contributed by atoms with van der Waals surface area (Å²) >= 11 is 6.08. The summed E-state index contributed by atoms with van der Waals surface area (Å²) in [4.78, 5) is 14.7. The maximum absolute atomic E-state index is 13.3. The highest BCUT2D eigenvalue weighted by Gasteiger charge is 2.30. The van der Waals surface area contributed by atoms with Crippen LogP contribution in [0.3, 0.4) is 0 Å². The molecular formula is C19H22ClFN4O. The molecule has 3 heterocycles. The number of nitrogens with zero attached hydrogens (tertiary/aromatic N) is 4. The first kappa shape index (κ1) is 17.5. The third-order valence-electron chi connectivity index (χ3n) is 5.37. The van der Waals surface area contributed by atoms with E-state index in [0.29, 0.717) is 18.7 Å². The topological polar surface area (TPSA) is 51.0 Å². The van der Waals surface area contributed by atoms with Crippen molar-refractivity contribution in [3.8, 4) is 0 Å². The Kier molecular flexibility index (Phi) is 4.94. The molecule has 26 heavy (non-hydrogen) atoms. The Morgan fingerprint density at radius 2 is 2.04 bits per heavy atom. The van der Waals surface area contributed by atoms with Crippen molar-refractivity contribution in [1.82, 2.24) is 19.7 Å². The Labute approximate surface area is 157 Å². The van der Waals surface area contributed by atoms with Gasteiger partial charge in [-0.15, -0.1) is 10.2 Å². The van der Waals surface area contributed by atoms with Crippen LogP contribution in [0.2, 0.25) is 5.02 Å². The second-order valence-corrected chi connectivity index (χ2v) is 7.56. The minimum absolute atomic E-state index is 0.143. The Morgan fingerprint density at radius 1 is 1.15 bits per heavy atom. The quantitative estimate of drug-likeness (QED) is 0.800. The molecule has 0 aliphatic carbocycles. The van der Waals surface area contributed by atoms with Gasteiger partial charge in [-0.25, -0.2) is 4.39 Å². The molecule has 0 N–H and O–H groups in total. The van der Waals surface area contributed by atoms with Gasteiger partial charge in [0.25, 0.3) is 5.91 Å². The van der Waals surface area contributed by atoms with E-state index in [1.807, 2.05) is 4.90 Å². The van der Waals surface area contributed by atoms with E-state index in [9.17, 15) is 9.18 Å². The molecule has 2 aliphatic heterocycles. The number of hydrogen-bond donors (Lipinski definition) is 0. The number of piperidine rings is 1. The van der Waals surface area contributed by atoms with Crippen molar-refractivity contribution < 1.29 is 9.18 Å². The van der Waals surface area contributed by atoms with Gasteiger partial charge in [0.15, 0.2) is 0 Å². The lowest BCUT2D eigenvalue weighted by atomic mass is 9.96. The number of likely N-dealkylation sites (tertiary alicyclic amines) is 1. The second kappa shape index (κ2) is 7.35. The molecule has 2 aromatic rings. The van der Waals surface area contributed by atoms with Gasteiger partial charge in [0.1, 0.15) is 17.5 Å². The van der Waals surface area contributed by atoms with Gasteiger partial charge in [0.2, 0.25) is 0 Å². The summed E-state index contributed by atoms with van der Waals surface area (Å²) < 4.78 is 15.5. The third-order valence-corrected chi connectivity index (χ3v) is 5.69. The molecule has 0 radical (unpaired) electrons. The molecule has 7 heteroatoms. The molecule has 1 unspecified atom stereocenters. The Hall–Kier alpha value is -1.95. The van der Waals surface area contributed by atoms with Crippen LogP contribution in [0, 0.1) is 5.82 Å². The summed E-state index contributed by atoms with van der Waals surface area (Å²) in [5.74, 6) is 1.68. The van der Waals surface area contributed by atoms with Crippen molar-refractivity contribution in [1.29, 1.82) is 0 Å². The number of fused-ring (bicyclic) bond motifs is 1. The van der Waals surface area contributed by atoms with Crippen LogP contribution in [-0.4, -0.2) is 38.7 Å². The van der Waals surface area contributed by atoms with Gasteiger partial charge in [-0.2, -0.15) is 0 Å². The van der Waals surface area contributed by atoms with Crippen LogP contribution in [-0.2, 0) is 13.0 Å². The van der Waals surface area contributed by atoms with E-state index in [0.717, 1.165) is 50.3 Å². The molecule has 0 bridgehead atoms. The lowest BCUT2D eigenvalue weighted by Crippen LogP contribution is -2.40. The van der Waals surface area contributed by atoms with Crippen molar-refractivity contribution >= 4 is 17.5 Å². The number of halogens is 2. The molecule has 4 rings (SSSR count). The predicted molar refractivity (Wildman–Crippen MR) is 96.9 cm³/mol. The largest absolute Gasteiger partial charge is 0.338 e. The number of carbonyl (C=O) groups is 1. The van der Waals surface area contributed by atoms with Gasteiger partial charge >= 0.3 is 0 Å². The van der Waals surface area contributed by atoms with E-state index < -0.39 is 5.82 Å². The fourth-order valence-electron chi connectivity index (χ4n) is 4.02. The molecule has 5 nitrogen and oxygen atoms in total. The summed E-state index contributed by atoms with van der Waals surface area (Å²) in [5, 5.41) is 9.01. The predicted octanol–water partition coefficient (Wildman–Crippen LogP) is 3.82. The monoisotopic (exact) mass is 376 g/mol. The van der Waals surface area contributed by atoms with Crippen LogP contribution in [0.4, 0.5) is 4.39 Å². The van der Waals surface area contributed by atoms with Crippen LogP contribution in [0.5, 0.6) is 0 Å². The van der Waals surface area contributed by atoms with Gasteiger partial charge in [0.05, 0.1) is 10.6 Å². The molecule has 1 atom stereocenters. The number of amides is 1. The Balaban J connectivity index is 1.54. The zero-order chi connectivity index (χ0) is 18.1. The van der Waals surface area contributed by atoms with E-state index in [-0.39, 0.29) is 16.8 Å². The van der Waals surface area contributed by atoms with Crippen molar-refractivity contribution in [3.63, 3.8) is 0 Å². The molecule has 0 spiro atoms. The van der Waals surface area contributed by atoms with Gasteiger partial charge in [-0.1, -0.05) is 18.0 Å². The van der Waals surface area contributed by atoms with Gasteiger partial charge in [0, 0.05) is 32.0 Å². The van der Waals surface area contributed by atoms with Crippen LogP contribution < -0.4 is 0 Å². The van der Waals surface area contributed by atoms with E-state index in [4.69, 9.17) is 11.6 Å². The van der Waals surface area contributed by atoms with Gasteiger partial charge in [-0.3, -0.25) is 4.79 Å². The van der Waals surface area contributed by atoms with Crippen molar-refractivity contribution in [3.05, 3.63) is 46.3 Å². The Morgan fingerprint density at radius 3 is 2.88 bits per heavy atom. The number of hydrogen-bond acceptors (Lipinski definition) is 3. The van der Waals surface area contributed by atoms with Gasteiger partial charge < -0.3 is 9.47 Å².